The third kappa shape index (κ3) is 15.9. The Kier molecular flexibility index (Phi) is 21.7. The zero-order valence-electron chi connectivity index (χ0n) is 44.0. The van der Waals surface area contributed by atoms with Crippen molar-refractivity contribution in [3.8, 4) is 16.2 Å². The van der Waals surface area contributed by atoms with Gasteiger partial charge in [-0.05, 0) is 47.2 Å². The number of rotatable bonds is 28. The van der Waals surface area contributed by atoms with Crippen LogP contribution in [0.15, 0.2) is 66.6 Å². The number of halogens is 1. The highest BCUT2D eigenvalue weighted by Crippen LogP contribution is 2.39. The van der Waals surface area contributed by atoms with Gasteiger partial charge < -0.3 is 80.0 Å². The quantitative estimate of drug-likeness (QED) is 0.0334. The van der Waals surface area contributed by atoms with Gasteiger partial charge >= 0.3 is 0 Å². The molecule has 2 aliphatic heterocycles. The van der Waals surface area contributed by atoms with Crippen molar-refractivity contribution in [2.45, 2.75) is 102 Å². The van der Waals surface area contributed by atoms with Crippen LogP contribution in [-0.2, 0) is 49.4 Å². The first-order valence-corrected chi connectivity index (χ1v) is 27.0. The van der Waals surface area contributed by atoms with E-state index in [4.69, 9.17) is 45.8 Å². The Balaban J connectivity index is 0.694. The number of amides is 4. The normalized spacial score (nSPS) is 20.2. The number of benzene rings is 2. The maximum Gasteiger partial charge on any atom is 0.246 e. The Morgan fingerprint density at radius 2 is 1.53 bits per heavy atom. The zero-order chi connectivity index (χ0) is 55.9. The molecule has 9 N–H and O–H groups in total. The monoisotopic (exact) mass is 1120 g/mol. The number of likely N-dealkylation sites (tertiary alicyclic amines) is 1. The summed E-state index contributed by atoms with van der Waals surface area (Å²) >= 11 is 7.92. The van der Waals surface area contributed by atoms with E-state index in [-0.39, 0.29) is 114 Å². The molecule has 424 valence electrons. The number of anilines is 1. The molecule has 5 heterocycles. The minimum Gasteiger partial charge on any atom is -0.490 e. The number of thiazole rings is 1. The fourth-order valence-corrected chi connectivity index (χ4v) is 9.90. The Labute approximate surface area is 460 Å². The van der Waals surface area contributed by atoms with Gasteiger partial charge in [-0.2, -0.15) is 0 Å². The lowest BCUT2D eigenvalue weighted by atomic mass is 9.85. The fraction of sp³-hybridized carbons (Fsp3) is 0.528. The number of nitrogens with one attached hydrogen (secondary N) is 3. The Morgan fingerprint density at radius 3 is 2.18 bits per heavy atom. The maximum atomic E-state index is 13.9. The minimum atomic E-state index is -1.45. The number of nitrogens with two attached hydrogens (primary N) is 1. The van der Waals surface area contributed by atoms with Crippen molar-refractivity contribution in [3.63, 3.8) is 0 Å². The maximum absolute atomic E-state index is 13.9. The van der Waals surface area contributed by atoms with Crippen LogP contribution >= 0.6 is 22.9 Å². The number of β-amino-alcohol motifs (C(OH)–C–C–N with tert-alkyl or cyclic N) is 1. The van der Waals surface area contributed by atoms with Gasteiger partial charge in [0.25, 0.3) is 0 Å². The van der Waals surface area contributed by atoms with Gasteiger partial charge in [-0.15, -0.1) is 11.3 Å². The number of fused-ring (bicyclic) bond motifs is 1. The lowest BCUT2D eigenvalue weighted by Gasteiger charge is -2.35. The van der Waals surface area contributed by atoms with Crippen molar-refractivity contribution in [1.82, 2.24) is 40.4 Å². The van der Waals surface area contributed by atoms with Crippen molar-refractivity contribution in [3.05, 3.63) is 88.4 Å². The summed E-state index contributed by atoms with van der Waals surface area (Å²) in [4.78, 5) is 67.7. The number of hydrogen-bond donors (Lipinski definition) is 8. The van der Waals surface area contributed by atoms with Gasteiger partial charge in [-0.1, -0.05) is 62.7 Å². The molecule has 0 aliphatic carbocycles. The number of aliphatic hydroxyl groups is 4. The number of aliphatic hydroxyl groups excluding tert-OH is 4. The smallest absolute Gasteiger partial charge is 0.246 e. The first-order chi connectivity index (χ1) is 37.4. The van der Waals surface area contributed by atoms with Crippen LogP contribution in [-0.4, -0.2) is 178 Å². The number of nitrogen functional groups attached to an aromatic ring is 1. The lowest BCUT2D eigenvalue weighted by molar-refractivity contribution is -0.144. The number of nitrogens with zero attached hydrogens (tertiary/aromatic N) is 5. The SMILES string of the molecule is Cc1ncsc1-c1ccc(CNC(=O)[C@@H]2C[C@@H](O)CN2C(=O)[C@@H](NC(=O)CCOCCOCCOCCOCCC(=O)NCCOc2cc([C@@H](O)[C@H]3O[C@@H](n4ccc5c(N)ncnc54)[C@H](O)[C@@H]3O)ccc2Cl)C(C)(C)C)cc1. The van der Waals surface area contributed by atoms with Crippen molar-refractivity contribution < 1.29 is 68.0 Å². The van der Waals surface area contributed by atoms with E-state index in [0.29, 0.717) is 29.8 Å². The van der Waals surface area contributed by atoms with E-state index in [2.05, 4.69) is 30.9 Å². The van der Waals surface area contributed by atoms with Crippen molar-refractivity contribution >= 4 is 63.4 Å². The summed E-state index contributed by atoms with van der Waals surface area (Å²) < 4.78 is 35.4. The molecule has 2 saturated heterocycles. The summed E-state index contributed by atoms with van der Waals surface area (Å²) in [6.07, 6.45) is -4.32. The summed E-state index contributed by atoms with van der Waals surface area (Å²) in [7, 11) is 0. The van der Waals surface area contributed by atoms with E-state index in [1.54, 1.807) is 35.2 Å². The summed E-state index contributed by atoms with van der Waals surface area (Å²) in [5.74, 6) is -1.000. The second-order valence-corrected chi connectivity index (χ2v) is 21.2. The zero-order valence-corrected chi connectivity index (χ0v) is 45.6. The van der Waals surface area contributed by atoms with E-state index < -0.39 is 66.1 Å². The van der Waals surface area contributed by atoms with Crippen molar-refractivity contribution in [1.29, 1.82) is 0 Å². The van der Waals surface area contributed by atoms with Crippen LogP contribution in [0.25, 0.3) is 21.5 Å². The number of hydrogen-bond acceptors (Lipinski definition) is 19. The predicted octanol–water partition coefficient (Wildman–Crippen LogP) is 2.60. The van der Waals surface area contributed by atoms with Gasteiger partial charge in [-0.3, -0.25) is 19.2 Å². The average molecular weight is 1120 g/mol. The highest BCUT2D eigenvalue weighted by atomic mass is 35.5. The van der Waals surface area contributed by atoms with Gasteiger partial charge in [0.05, 0.1) is 92.0 Å². The molecule has 5 aromatic rings. The Bertz CT molecular complexity index is 2780. The van der Waals surface area contributed by atoms with Crippen LogP contribution < -0.4 is 26.4 Å². The molecule has 8 atom stereocenters. The second-order valence-electron chi connectivity index (χ2n) is 19.9. The molecule has 0 saturated carbocycles. The molecule has 7 rings (SSSR count). The highest BCUT2D eigenvalue weighted by Gasteiger charge is 2.48. The van der Waals surface area contributed by atoms with Crippen LogP contribution in [0.2, 0.25) is 5.02 Å². The van der Waals surface area contributed by atoms with E-state index in [9.17, 15) is 39.6 Å². The molecule has 23 nitrogen and oxygen atoms in total. The Hall–Kier alpha value is -5.90. The summed E-state index contributed by atoms with van der Waals surface area (Å²) in [6, 6.07) is 12.2. The standard InChI is InChI=1S/C53H70ClN9O14S/c1-31-46(78-30-60-31)33-7-5-32(6-8-33)27-57-50(70)38-26-35(64)28-63(38)51(71)47(53(2,3)4)61-41(66)13-17-73-20-22-75-24-23-74-21-19-72-16-12-40(65)56-14-18-76-39-25-34(9-10-37(39)54)42(67)45-43(68)44(69)52(77-45)62-15-11-36-48(55)58-29-59-49(36)62/h5-11,15,25,29-30,35,38,42-45,47,52,64,67-69H,12-14,16-24,26-28H2,1-4H3,(H,56,65)(H,57,70)(H,61,66)(H2,55,58,59)/t35-,38+,42-,43+,44-,45-,47-,52-/m1/s1. The van der Waals surface area contributed by atoms with Gasteiger partial charge in [-0.25, -0.2) is 15.0 Å². The molecule has 3 aromatic heterocycles. The number of aromatic nitrogens is 4. The summed E-state index contributed by atoms with van der Waals surface area (Å²) in [6.45, 7) is 9.78. The van der Waals surface area contributed by atoms with Gasteiger partial charge in [0.2, 0.25) is 23.6 Å². The van der Waals surface area contributed by atoms with Crippen LogP contribution in [0, 0.1) is 12.3 Å². The van der Waals surface area contributed by atoms with Gasteiger partial charge in [0.1, 0.15) is 66.6 Å². The van der Waals surface area contributed by atoms with Crippen LogP contribution in [0.4, 0.5) is 5.82 Å². The predicted molar refractivity (Wildman–Crippen MR) is 287 cm³/mol. The van der Waals surface area contributed by atoms with Crippen LogP contribution in [0.1, 0.15) is 69.2 Å². The van der Waals surface area contributed by atoms with E-state index >= 15 is 0 Å². The highest BCUT2D eigenvalue weighted by molar-refractivity contribution is 7.13. The largest absolute Gasteiger partial charge is 0.490 e. The number of aryl methyl sites for hydroxylation is 1. The molecule has 78 heavy (non-hydrogen) atoms. The number of carbonyl (C=O) groups excluding carboxylic acids is 4. The fourth-order valence-electron chi connectivity index (χ4n) is 8.92. The van der Waals surface area contributed by atoms with Crippen LogP contribution in [0.5, 0.6) is 5.75 Å². The first-order valence-electron chi connectivity index (χ1n) is 25.7. The topological polar surface area (TPSA) is 314 Å². The van der Waals surface area contributed by atoms with Crippen LogP contribution in [0.3, 0.4) is 0 Å². The Morgan fingerprint density at radius 1 is 0.859 bits per heavy atom. The third-order valence-electron chi connectivity index (χ3n) is 13.2. The molecular formula is C53H70ClN9O14S. The van der Waals surface area contributed by atoms with Crippen molar-refractivity contribution in [2.24, 2.45) is 5.41 Å². The molecule has 0 bridgehead atoms. The molecule has 2 fully saturated rings. The first kappa shape index (κ1) is 59.8. The lowest BCUT2D eigenvalue weighted by Crippen LogP contribution is -2.57. The molecule has 0 radical (unpaired) electrons. The number of carbonyl (C=O) groups is 4. The molecule has 2 aromatic carbocycles. The van der Waals surface area contributed by atoms with Crippen molar-refractivity contribution in [2.75, 3.05) is 78.3 Å². The molecule has 0 unspecified atom stereocenters. The molecular weight excluding hydrogens is 1050 g/mol. The molecule has 2 aliphatic rings. The van der Waals surface area contributed by atoms with Gasteiger partial charge in [0, 0.05) is 38.5 Å². The minimum absolute atomic E-state index is 0.00648. The van der Waals surface area contributed by atoms with E-state index in [1.807, 2.05) is 52.0 Å². The van der Waals surface area contributed by atoms with E-state index in [1.165, 1.54) is 27.9 Å². The summed E-state index contributed by atoms with van der Waals surface area (Å²) in [5, 5.41) is 52.8. The molecule has 25 heteroatoms. The molecule has 0 spiro atoms. The summed E-state index contributed by atoms with van der Waals surface area (Å²) in [5.41, 5.74) is 10.6. The molecule has 4 amide bonds. The number of ether oxygens (including phenoxy) is 6. The second kappa shape index (κ2) is 28.3. The average Bonchev–Trinajstić information content (AvgIpc) is 4.32. The van der Waals surface area contributed by atoms with Gasteiger partial charge in [0.15, 0.2) is 6.23 Å². The van der Waals surface area contributed by atoms with E-state index in [0.717, 1.165) is 21.7 Å². The third-order valence-corrected chi connectivity index (χ3v) is 14.4.